The van der Waals surface area contributed by atoms with Crippen LogP contribution in [-0.4, -0.2) is 12.6 Å². The van der Waals surface area contributed by atoms with Gasteiger partial charge in [-0.05, 0) is 38.0 Å². The maximum atomic E-state index is 12.8. The second-order valence-electron chi connectivity index (χ2n) is 3.94. The van der Waals surface area contributed by atoms with Crippen molar-refractivity contribution in [2.45, 2.75) is 32.5 Å². The third kappa shape index (κ3) is 3.93. The van der Waals surface area contributed by atoms with E-state index in [-0.39, 0.29) is 18.4 Å². The highest BCUT2D eigenvalue weighted by Gasteiger charge is 2.34. The fourth-order valence-corrected chi connectivity index (χ4v) is 1.58. The number of alkyl halides is 3. The lowest BCUT2D eigenvalue weighted by molar-refractivity contribution is -0.139. The van der Waals surface area contributed by atoms with Crippen molar-refractivity contribution >= 4 is 0 Å². The van der Waals surface area contributed by atoms with Crippen molar-refractivity contribution in [1.29, 1.82) is 0 Å². The Kier molecular flexibility index (Phi) is 4.40. The van der Waals surface area contributed by atoms with Crippen LogP contribution < -0.4 is 10.5 Å². The molecule has 2 N–H and O–H groups in total. The summed E-state index contributed by atoms with van der Waals surface area (Å²) in [6, 6.07) is 3.90. The van der Waals surface area contributed by atoms with Crippen molar-refractivity contribution < 1.29 is 17.9 Å². The zero-order chi connectivity index (χ0) is 13.1. The lowest BCUT2D eigenvalue weighted by atomic mass is 10.0. The SMILES string of the molecule is CCOc1ccc(CC(C)N)cc1C(F)(F)F. The Labute approximate surface area is 98.6 Å². The Morgan fingerprint density at radius 1 is 1.35 bits per heavy atom. The first kappa shape index (κ1) is 13.8. The maximum Gasteiger partial charge on any atom is 0.419 e. The molecule has 0 heterocycles. The van der Waals surface area contributed by atoms with Gasteiger partial charge in [0.2, 0.25) is 0 Å². The summed E-state index contributed by atoms with van der Waals surface area (Å²) >= 11 is 0. The Morgan fingerprint density at radius 2 is 2.00 bits per heavy atom. The third-order valence-corrected chi connectivity index (χ3v) is 2.21. The molecule has 2 nitrogen and oxygen atoms in total. The molecule has 1 aromatic carbocycles. The normalized spacial score (nSPS) is 13.5. The molecule has 0 aromatic heterocycles. The molecule has 1 unspecified atom stereocenters. The van der Waals surface area contributed by atoms with Crippen molar-refractivity contribution in [1.82, 2.24) is 0 Å². The molecule has 17 heavy (non-hydrogen) atoms. The zero-order valence-electron chi connectivity index (χ0n) is 9.84. The topological polar surface area (TPSA) is 35.2 Å². The Bertz CT molecular complexity index is 375. The Morgan fingerprint density at radius 3 is 2.47 bits per heavy atom. The van der Waals surface area contributed by atoms with Gasteiger partial charge in [-0.1, -0.05) is 6.07 Å². The second kappa shape index (κ2) is 5.40. The minimum atomic E-state index is -4.40. The van der Waals surface area contributed by atoms with Crippen molar-refractivity contribution in [2.75, 3.05) is 6.61 Å². The second-order valence-corrected chi connectivity index (χ2v) is 3.94. The van der Waals surface area contributed by atoms with Crippen molar-refractivity contribution in [3.63, 3.8) is 0 Å². The van der Waals surface area contributed by atoms with Gasteiger partial charge in [-0.25, -0.2) is 0 Å². The summed E-state index contributed by atoms with van der Waals surface area (Å²) in [5, 5.41) is 0. The first-order valence-electron chi connectivity index (χ1n) is 5.43. The molecule has 1 rings (SSSR count). The van der Waals surface area contributed by atoms with E-state index < -0.39 is 11.7 Å². The van der Waals surface area contributed by atoms with Crippen LogP contribution >= 0.6 is 0 Å². The number of rotatable bonds is 4. The van der Waals surface area contributed by atoms with Crippen LogP contribution in [0.25, 0.3) is 0 Å². The van der Waals surface area contributed by atoms with Crippen molar-refractivity contribution in [3.8, 4) is 5.75 Å². The summed E-state index contributed by atoms with van der Waals surface area (Å²) in [6.45, 7) is 3.61. The fourth-order valence-electron chi connectivity index (χ4n) is 1.58. The van der Waals surface area contributed by atoms with Crippen LogP contribution in [0.4, 0.5) is 13.2 Å². The predicted octanol–water partition coefficient (Wildman–Crippen LogP) is 2.99. The van der Waals surface area contributed by atoms with Crippen molar-refractivity contribution in [3.05, 3.63) is 29.3 Å². The zero-order valence-corrected chi connectivity index (χ0v) is 9.84. The molecule has 0 aliphatic heterocycles. The molecular weight excluding hydrogens is 231 g/mol. The minimum Gasteiger partial charge on any atom is -0.493 e. The van der Waals surface area contributed by atoms with E-state index in [2.05, 4.69) is 0 Å². The maximum absolute atomic E-state index is 12.8. The molecule has 0 aliphatic carbocycles. The molecule has 0 fully saturated rings. The summed E-state index contributed by atoms with van der Waals surface area (Å²) in [5.74, 6) is -0.131. The highest BCUT2D eigenvalue weighted by Crippen LogP contribution is 2.36. The fraction of sp³-hybridized carbons (Fsp3) is 0.500. The van der Waals surface area contributed by atoms with E-state index in [1.54, 1.807) is 19.9 Å². The van der Waals surface area contributed by atoms with Crippen LogP contribution in [0, 0.1) is 0 Å². The molecule has 0 amide bonds. The minimum absolute atomic E-state index is 0.131. The number of benzene rings is 1. The van der Waals surface area contributed by atoms with Crippen LogP contribution in [0.1, 0.15) is 25.0 Å². The van der Waals surface area contributed by atoms with Crippen molar-refractivity contribution in [2.24, 2.45) is 5.73 Å². The molecule has 1 aromatic rings. The van der Waals surface area contributed by atoms with Gasteiger partial charge in [0.15, 0.2) is 0 Å². The molecule has 0 spiro atoms. The van der Waals surface area contributed by atoms with Crippen LogP contribution in [0.2, 0.25) is 0 Å². The molecule has 0 radical (unpaired) electrons. The van der Waals surface area contributed by atoms with Gasteiger partial charge >= 0.3 is 6.18 Å². The molecule has 1 atom stereocenters. The number of ether oxygens (including phenoxy) is 1. The van der Waals surface area contributed by atoms with Gasteiger partial charge in [-0.3, -0.25) is 0 Å². The number of hydrogen-bond acceptors (Lipinski definition) is 2. The highest BCUT2D eigenvalue weighted by molar-refractivity contribution is 5.39. The summed E-state index contributed by atoms with van der Waals surface area (Å²) < 4.78 is 43.3. The third-order valence-electron chi connectivity index (χ3n) is 2.21. The molecular formula is C12H16F3NO. The lowest BCUT2D eigenvalue weighted by Crippen LogP contribution is -2.18. The van der Waals surface area contributed by atoms with E-state index in [1.165, 1.54) is 6.07 Å². The first-order valence-corrected chi connectivity index (χ1v) is 5.43. The summed E-state index contributed by atoms with van der Waals surface area (Å²) in [6.07, 6.45) is -3.99. The van der Waals surface area contributed by atoms with Gasteiger partial charge in [-0.15, -0.1) is 0 Å². The highest BCUT2D eigenvalue weighted by atomic mass is 19.4. The Hall–Kier alpha value is -1.23. The largest absolute Gasteiger partial charge is 0.493 e. The molecule has 0 saturated carbocycles. The number of halogens is 3. The average molecular weight is 247 g/mol. The molecule has 96 valence electrons. The van der Waals surface area contributed by atoms with E-state index in [1.807, 2.05) is 0 Å². The molecule has 5 heteroatoms. The van der Waals surface area contributed by atoms with E-state index >= 15 is 0 Å². The monoisotopic (exact) mass is 247 g/mol. The van der Waals surface area contributed by atoms with Gasteiger partial charge in [0.1, 0.15) is 5.75 Å². The molecule has 0 saturated heterocycles. The average Bonchev–Trinajstić information content (AvgIpc) is 2.18. The van der Waals surface area contributed by atoms with Gasteiger partial charge in [0.05, 0.1) is 12.2 Å². The van der Waals surface area contributed by atoms with Crippen LogP contribution in [0.3, 0.4) is 0 Å². The molecule has 0 bridgehead atoms. The van der Waals surface area contributed by atoms with E-state index in [0.717, 1.165) is 6.07 Å². The summed E-state index contributed by atoms with van der Waals surface area (Å²) in [7, 11) is 0. The lowest BCUT2D eigenvalue weighted by Gasteiger charge is -2.15. The quantitative estimate of drug-likeness (QED) is 0.887. The van der Waals surface area contributed by atoms with E-state index in [9.17, 15) is 13.2 Å². The van der Waals surface area contributed by atoms with Gasteiger partial charge in [-0.2, -0.15) is 13.2 Å². The van der Waals surface area contributed by atoms with Crippen LogP contribution in [0.5, 0.6) is 5.75 Å². The predicted molar refractivity (Wildman–Crippen MR) is 60.0 cm³/mol. The molecule has 0 aliphatic rings. The van der Waals surface area contributed by atoms with E-state index in [4.69, 9.17) is 10.5 Å². The van der Waals surface area contributed by atoms with Crippen LogP contribution in [0.15, 0.2) is 18.2 Å². The number of hydrogen-bond donors (Lipinski definition) is 1. The first-order chi connectivity index (χ1) is 7.84. The van der Waals surface area contributed by atoms with Crippen LogP contribution in [-0.2, 0) is 12.6 Å². The summed E-state index contributed by atoms with van der Waals surface area (Å²) in [5.41, 5.74) is 5.39. The number of nitrogens with two attached hydrogens (primary N) is 1. The summed E-state index contributed by atoms with van der Waals surface area (Å²) in [4.78, 5) is 0. The van der Waals surface area contributed by atoms with Gasteiger partial charge < -0.3 is 10.5 Å². The van der Waals surface area contributed by atoms with Gasteiger partial charge in [0, 0.05) is 6.04 Å². The van der Waals surface area contributed by atoms with E-state index in [0.29, 0.717) is 12.0 Å². The Balaban J connectivity index is 3.10. The van der Waals surface area contributed by atoms with Gasteiger partial charge in [0.25, 0.3) is 0 Å². The standard InChI is InChI=1S/C12H16F3NO/c1-3-17-11-5-4-9(6-8(2)16)7-10(11)12(13,14)15/h4-5,7-8H,3,6,16H2,1-2H3. The smallest absolute Gasteiger partial charge is 0.419 e.